The third kappa shape index (κ3) is 1.33. The molecule has 2 saturated carbocycles. The van der Waals surface area contributed by atoms with Crippen LogP contribution in [0.3, 0.4) is 0 Å². The Morgan fingerprint density at radius 3 is 2.07 bits per heavy atom. The minimum atomic E-state index is -0.319. The Kier molecular flexibility index (Phi) is 3.27. The normalized spacial score (nSPS) is 52.8. The molecular weight excluding hydrogens is 456 g/mol. The average Bonchev–Trinajstić information content (AvgIpc) is 2.45. The van der Waals surface area contributed by atoms with Gasteiger partial charge in [0, 0.05) is 15.7 Å². The van der Waals surface area contributed by atoms with E-state index in [1.807, 2.05) is 0 Å². The van der Waals surface area contributed by atoms with Crippen LogP contribution in [-0.2, 0) is 0 Å². The third-order valence-corrected chi connectivity index (χ3v) is 9.69. The van der Waals surface area contributed by atoms with E-state index in [1.165, 1.54) is 0 Å². The number of fused-ring (bicyclic) bond motifs is 2. The largest absolute Gasteiger partial charge is 0.391 e. The van der Waals surface area contributed by atoms with Gasteiger partial charge in [0.1, 0.15) is 0 Å². The molecule has 0 heterocycles. The molecule has 2 bridgehead atoms. The van der Waals surface area contributed by atoms with Gasteiger partial charge in [0.25, 0.3) is 0 Å². The van der Waals surface area contributed by atoms with Crippen molar-refractivity contribution in [3.63, 3.8) is 0 Å². The van der Waals surface area contributed by atoms with Crippen molar-refractivity contribution in [3.8, 4) is 0 Å². The number of rotatable bonds is 1. The molecule has 2 fully saturated rings. The Morgan fingerprint density at radius 1 is 1.27 bits per heavy atom. The molecule has 0 radical (unpaired) electrons. The van der Waals surface area contributed by atoms with Gasteiger partial charge in [0.2, 0.25) is 0 Å². The fraction of sp³-hybridized carbons (Fsp3) is 1.00. The van der Waals surface area contributed by atoms with Crippen molar-refractivity contribution in [1.29, 1.82) is 0 Å². The van der Waals surface area contributed by atoms with Crippen LogP contribution in [0.1, 0.15) is 26.7 Å². The number of alkyl halides is 4. The van der Waals surface area contributed by atoms with Crippen molar-refractivity contribution in [2.45, 2.75) is 45.7 Å². The highest BCUT2D eigenvalue weighted by molar-refractivity contribution is 9.24. The molecule has 0 aromatic carbocycles. The van der Waals surface area contributed by atoms with Gasteiger partial charge in [-0.2, -0.15) is 0 Å². The van der Waals surface area contributed by atoms with Gasteiger partial charge >= 0.3 is 0 Å². The van der Waals surface area contributed by atoms with Gasteiger partial charge in [0.15, 0.2) is 0 Å². The summed E-state index contributed by atoms with van der Waals surface area (Å²) in [7, 11) is 0. The number of halogens is 4. The molecule has 1 N–H and O–H groups in total. The van der Waals surface area contributed by atoms with E-state index in [0.717, 1.165) is 12.8 Å². The first kappa shape index (κ1) is 13.3. The highest BCUT2D eigenvalue weighted by Gasteiger charge is 2.75. The van der Waals surface area contributed by atoms with E-state index >= 15 is 0 Å². The molecule has 88 valence electrons. The van der Waals surface area contributed by atoms with Crippen LogP contribution in [-0.4, -0.2) is 24.1 Å². The van der Waals surface area contributed by atoms with Gasteiger partial charge in [-0.15, -0.1) is 0 Å². The second kappa shape index (κ2) is 3.69. The van der Waals surface area contributed by atoms with E-state index in [9.17, 15) is 5.11 Å². The monoisotopic (exact) mass is 466 g/mol. The van der Waals surface area contributed by atoms with E-state index < -0.39 is 0 Å². The molecule has 15 heavy (non-hydrogen) atoms. The number of hydrogen-bond donors (Lipinski definition) is 1. The summed E-state index contributed by atoms with van der Waals surface area (Å²) in [5.41, 5.74) is -0.0590. The topological polar surface area (TPSA) is 20.2 Å². The molecule has 0 amide bonds. The molecule has 0 aliphatic heterocycles. The lowest BCUT2D eigenvalue weighted by Gasteiger charge is -2.46. The van der Waals surface area contributed by atoms with E-state index in [-0.39, 0.29) is 29.8 Å². The van der Waals surface area contributed by atoms with Crippen molar-refractivity contribution in [3.05, 3.63) is 0 Å². The smallest absolute Gasteiger partial charge is 0.0771 e. The quantitative estimate of drug-likeness (QED) is 0.571. The second-order valence-corrected chi connectivity index (χ2v) is 10.7. The predicted octanol–water partition coefficient (Wildman–Crippen LogP) is 4.18. The Morgan fingerprint density at radius 2 is 1.80 bits per heavy atom. The highest BCUT2D eigenvalue weighted by Crippen LogP contribution is 2.73. The first-order chi connectivity index (χ1) is 6.71. The zero-order valence-corrected chi connectivity index (χ0v) is 14.9. The lowest BCUT2D eigenvalue weighted by Crippen LogP contribution is -2.48. The molecule has 2 aliphatic rings. The third-order valence-electron chi connectivity index (χ3n) is 4.52. The van der Waals surface area contributed by atoms with Gasteiger partial charge in [-0.25, -0.2) is 0 Å². The zero-order chi connectivity index (χ0) is 11.6. The summed E-state index contributed by atoms with van der Waals surface area (Å²) in [6.07, 6.45) is 1.81. The zero-order valence-electron chi connectivity index (χ0n) is 8.61. The van der Waals surface area contributed by atoms with E-state index in [0.29, 0.717) is 0 Å². The van der Waals surface area contributed by atoms with Gasteiger partial charge in [-0.3, -0.25) is 0 Å². The van der Waals surface area contributed by atoms with Crippen LogP contribution in [0.25, 0.3) is 0 Å². The van der Waals surface area contributed by atoms with Gasteiger partial charge in [-0.05, 0) is 12.8 Å². The molecule has 0 aromatic heterocycles. The van der Waals surface area contributed by atoms with Crippen LogP contribution in [0.15, 0.2) is 0 Å². The van der Waals surface area contributed by atoms with Crippen molar-refractivity contribution in [1.82, 2.24) is 0 Å². The van der Waals surface area contributed by atoms with Crippen LogP contribution in [0.2, 0.25) is 0 Å². The van der Waals surface area contributed by atoms with Gasteiger partial charge < -0.3 is 5.11 Å². The number of aliphatic hydroxyl groups excluding tert-OH is 1. The average molecular weight is 470 g/mol. The summed E-state index contributed by atoms with van der Waals surface area (Å²) in [5, 5.41) is 10.5. The Labute approximate surface area is 124 Å². The molecule has 0 spiro atoms. The maximum atomic E-state index is 10.5. The Bertz CT molecular complexity index is 293. The SMILES string of the molecule is CC1(C)[C@H](O)[C@]2(Br)CC[C@@]1(C(Br)Br)[C@@H]2Br. The molecule has 0 saturated heterocycles. The molecule has 5 heteroatoms. The first-order valence-corrected chi connectivity index (χ1v) is 8.54. The molecule has 0 aromatic rings. The summed E-state index contributed by atoms with van der Waals surface area (Å²) >= 11 is 14.9. The van der Waals surface area contributed by atoms with Crippen molar-refractivity contribution in [2.75, 3.05) is 0 Å². The van der Waals surface area contributed by atoms with Gasteiger partial charge in [-0.1, -0.05) is 77.6 Å². The first-order valence-electron chi connectivity index (χ1n) is 5.00. The Balaban J connectivity index is 2.56. The fourth-order valence-corrected chi connectivity index (χ4v) is 8.98. The standard InChI is InChI=1S/C10H14Br4O/c1-8(2)6(15)10(14)4-3-9(8,5(10)11)7(12)13/h5-7,15H,3-4H2,1-2H3/t5-,6-,9-,10-/m0/s1. The van der Waals surface area contributed by atoms with E-state index in [4.69, 9.17) is 0 Å². The fourth-order valence-electron chi connectivity index (χ4n) is 3.36. The van der Waals surface area contributed by atoms with Crippen molar-refractivity contribution < 1.29 is 5.11 Å². The van der Waals surface area contributed by atoms with E-state index in [2.05, 4.69) is 77.6 Å². The van der Waals surface area contributed by atoms with Gasteiger partial charge in [0.05, 0.1) is 14.2 Å². The highest BCUT2D eigenvalue weighted by atomic mass is 79.9. The van der Waals surface area contributed by atoms with Crippen LogP contribution in [0.5, 0.6) is 0 Å². The molecule has 0 unspecified atom stereocenters. The summed E-state index contributed by atoms with van der Waals surface area (Å²) in [4.78, 5) is 0.284. The van der Waals surface area contributed by atoms with Crippen LogP contribution < -0.4 is 0 Å². The number of aliphatic hydroxyl groups is 1. The van der Waals surface area contributed by atoms with E-state index in [1.54, 1.807) is 0 Å². The lowest BCUT2D eigenvalue weighted by atomic mass is 9.65. The van der Waals surface area contributed by atoms with Crippen LogP contribution >= 0.6 is 63.7 Å². The van der Waals surface area contributed by atoms with Crippen LogP contribution in [0.4, 0.5) is 0 Å². The minimum absolute atomic E-state index is 0.0515. The van der Waals surface area contributed by atoms with Crippen molar-refractivity contribution in [2.24, 2.45) is 10.8 Å². The maximum Gasteiger partial charge on any atom is 0.0771 e. The summed E-state index contributed by atoms with van der Waals surface area (Å²) in [6.45, 7) is 4.31. The molecule has 1 nitrogen and oxygen atoms in total. The van der Waals surface area contributed by atoms with Crippen LogP contribution in [0, 0.1) is 10.8 Å². The molecule has 2 rings (SSSR count). The summed E-state index contributed by atoms with van der Waals surface area (Å²) in [5.74, 6) is 0. The summed E-state index contributed by atoms with van der Waals surface area (Å²) < 4.78 is 0.0458. The number of hydrogen-bond acceptors (Lipinski definition) is 1. The second-order valence-electron chi connectivity index (χ2n) is 5.25. The lowest BCUT2D eigenvalue weighted by molar-refractivity contribution is -0.0213. The minimum Gasteiger partial charge on any atom is -0.391 e. The Hall–Kier alpha value is 1.88. The maximum absolute atomic E-state index is 10.5. The molecular formula is C10H14Br4O. The molecule has 4 atom stereocenters. The molecule has 2 aliphatic carbocycles. The predicted molar refractivity (Wildman–Crippen MR) is 77.5 cm³/mol. The van der Waals surface area contributed by atoms with Crippen molar-refractivity contribution >= 4 is 63.7 Å². The summed E-state index contributed by atoms with van der Waals surface area (Å²) in [6, 6.07) is 0.